The van der Waals surface area contributed by atoms with Gasteiger partial charge in [0.2, 0.25) is 0 Å². The summed E-state index contributed by atoms with van der Waals surface area (Å²) in [4.78, 5) is 4.76. The van der Waals surface area contributed by atoms with Gasteiger partial charge in [-0.15, -0.1) is 0 Å². The number of hydrogen-bond acceptors (Lipinski definition) is 4. The highest BCUT2D eigenvalue weighted by molar-refractivity contribution is 4.59. The maximum absolute atomic E-state index is 5.30. The molecule has 0 aliphatic heterocycles. The van der Waals surface area contributed by atoms with Crippen LogP contribution in [0.25, 0.3) is 0 Å². The third kappa shape index (κ3) is 12.3. The highest BCUT2D eigenvalue weighted by atomic mass is 16.5. The molecule has 4 nitrogen and oxygen atoms in total. The molecule has 0 aromatic heterocycles. The van der Waals surface area contributed by atoms with Gasteiger partial charge in [0.25, 0.3) is 0 Å². The normalized spacial score (nSPS) is 11.7. The Morgan fingerprint density at radius 2 is 1.72 bits per heavy atom. The van der Waals surface area contributed by atoms with Gasteiger partial charge in [0, 0.05) is 26.3 Å². The minimum Gasteiger partial charge on any atom is -0.382 e. The molecule has 0 radical (unpaired) electrons. The molecule has 0 aliphatic carbocycles. The van der Waals surface area contributed by atoms with E-state index in [0.717, 1.165) is 45.8 Å². The summed E-state index contributed by atoms with van der Waals surface area (Å²) in [6, 6.07) is 0. The van der Waals surface area contributed by atoms with E-state index in [2.05, 4.69) is 36.1 Å². The topological polar surface area (TPSA) is 27.7 Å². The van der Waals surface area contributed by atoms with Crippen molar-refractivity contribution in [3.63, 3.8) is 0 Å². The molecule has 0 spiro atoms. The van der Waals surface area contributed by atoms with E-state index in [1.54, 1.807) is 0 Å². The summed E-state index contributed by atoms with van der Waals surface area (Å²) in [5, 5.41) is 3.48. The zero-order valence-corrected chi connectivity index (χ0v) is 12.9. The molecule has 0 bridgehead atoms. The van der Waals surface area contributed by atoms with Crippen molar-refractivity contribution >= 4 is 0 Å². The van der Waals surface area contributed by atoms with Crippen LogP contribution in [0.2, 0.25) is 0 Å². The monoisotopic (exact) mass is 259 g/mol. The van der Waals surface area contributed by atoms with Gasteiger partial charge >= 0.3 is 0 Å². The molecule has 4 heteroatoms. The Bertz CT molecular complexity index is 165. The lowest BCUT2D eigenvalue weighted by molar-refractivity contribution is 0.144. The van der Waals surface area contributed by atoms with Crippen molar-refractivity contribution in [1.29, 1.82) is 0 Å². The van der Waals surface area contributed by atoms with Crippen molar-refractivity contribution in [3.05, 3.63) is 0 Å². The molecule has 0 aromatic carbocycles. The first kappa shape index (κ1) is 17.8. The van der Waals surface area contributed by atoms with E-state index in [9.17, 15) is 0 Å². The average Bonchev–Trinajstić information content (AvgIpc) is 2.35. The van der Waals surface area contributed by atoms with Crippen LogP contribution in [0.3, 0.4) is 0 Å². The van der Waals surface area contributed by atoms with Crippen LogP contribution in [0.1, 0.15) is 26.7 Å². The summed E-state index contributed by atoms with van der Waals surface area (Å²) in [5.41, 5.74) is 0. The van der Waals surface area contributed by atoms with Crippen molar-refractivity contribution in [1.82, 2.24) is 15.1 Å². The van der Waals surface area contributed by atoms with E-state index in [4.69, 9.17) is 4.74 Å². The molecule has 0 heterocycles. The summed E-state index contributed by atoms with van der Waals surface area (Å²) in [6.07, 6.45) is 2.37. The molecule has 0 atom stereocenters. The second kappa shape index (κ2) is 13.3. The van der Waals surface area contributed by atoms with Gasteiger partial charge in [-0.25, -0.2) is 0 Å². The summed E-state index contributed by atoms with van der Waals surface area (Å²) in [6.45, 7) is 12.8. The van der Waals surface area contributed by atoms with E-state index in [1.807, 2.05) is 6.92 Å². The maximum atomic E-state index is 5.30. The molecule has 0 aromatic rings. The molecule has 0 fully saturated rings. The van der Waals surface area contributed by atoms with E-state index in [-0.39, 0.29) is 0 Å². The van der Waals surface area contributed by atoms with Crippen LogP contribution in [0, 0.1) is 0 Å². The fraction of sp³-hybridized carbons (Fsp3) is 1.00. The summed E-state index contributed by atoms with van der Waals surface area (Å²) >= 11 is 0. The van der Waals surface area contributed by atoms with Crippen molar-refractivity contribution in [2.45, 2.75) is 26.7 Å². The minimum absolute atomic E-state index is 0.829. The molecule has 18 heavy (non-hydrogen) atoms. The number of ether oxygens (including phenoxy) is 1. The zero-order valence-electron chi connectivity index (χ0n) is 12.9. The lowest BCUT2D eigenvalue weighted by Crippen LogP contribution is -2.34. The number of hydrogen-bond donors (Lipinski definition) is 1. The highest BCUT2D eigenvalue weighted by Gasteiger charge is 2.01. The van der Waals surface area contributed by atoms with Crippen molar-refractivity contribution < 1.29 is 4.74 Å². The van der Waals surface area contributed by atoms with E-state index in [0.29, 0.717) is 0 Å². The fourth-order valence-electron chi connectivity index (χ4n) is 1.84. The van der Waals surface area contributed by atoms with Gasteiger partial charge in [0.05, 0.1) is 0 Å². The van der Waals surface area contributed by atoms with E-state index < -0.39 is 0 Å². The van der Waals surface area contributed by atoms with Crippen LogP contribution in [0.15, 0.2) is 0 Å². The smallest absolute Gasteiger partial charge is 0.0477 e. The number of nitrogens with zero attached hydrogens (tertiary/aromatic N) is 2. The highest BCUT2D eigenvalue weighted by Crippen LogP contribution is 1.92. The molecule has 110 valence electrons. The standard InChI is InChI=1S/C14H33N3O/c1-5-17(12-8-11-16(3)4)13-10-15-9-7-14-18-6-2/h15H,5-14H2,1-4H3. The van der Waals surface area contributed by atoms with E-state index in [1.165, 1.54) is 19.5 Å². The molecule has 0 unspecified atom stereocenters. The van der Waals surface area contributed by atoms with Crippen molar-refractivity contribution in [2.24, 2.45) is 0 Å². The molecule has 0 aliphatic rings. The molecule has 0 saturated carbocycles. The Balaban J connectivity index is 3.33. The summed E-state index contributed by atoms with van der Waals surface area (Å²) < 4.78 is 5.30. The van der Waals surface area contributed by atoms with Crippen LogP contribution < -0.4 is 5.32 Å². The van der Waals surface area contributed by atoms with Gasteiger partial charge in [0.1, 0.15) is 0 Å². The number of likely N-dealkylation sites (N-methyl/N-ethyl adjacent to an activating group) is 1. The Morgan fingerprint density at radius 3 is 2.33 bits per heavy atom. The lowest BCUT2D eigenvalue weighted by atomic mass is 10.3. The van der Waals surface area contributed by atoms with Crippen molar-refractivity contribution in [2.75, 3.05) is 66.6 Å². The lowest BCUT2D eigenvalue weighted by Gasteiger charge is -2.21. The van der Waals surface area contributed by atoms with Gasteiger partial charge in [0.15, 0.2) is 0 Å². The first-order valence-corrected chi connectivity index (χ1v) is 7.36. The summed E-state index contributed by atoms with van der Waals surface area (Å²) in [5.74, 6) is 0. The van der Waals surface area contributed by atoms with Crippen molar-refractivity contribution in [3.8, 4) is 0 Å². The van der Waals surface area contributed by atoms with Gasteiger partial charge in [-0.1, -0.05) is 6.92 Å². The van der Waals surface area contributed by atoms with Crippen LogP contribution in [0.4, 0.5) is 0 Å². The maximum Gasteiger partial charge on any atom is 0.0477 e. The van der Waals surface area contributed by atoms with Crippen LogP contribution in [-0.4, -0.2) is 76.4 Å². The first-order chi connectivity index (χ1) is 8.70. The molecule has 0 rings (SSSR count). The Labute approximate surface area is 114 Å². The van der Waals surface area contributed by atoms with Gasteiger partial charge in [-0.05, 0) is 60.0 Å². The molecule has 0 saturated heterocycles. The first-order valence-electron chi connectivity index (χ1n) is 7.36. The molecular formula is C14H33N3O. The molecular weight excluding hydrogens is 226 g/mol. The predicted octanol–water partition coefficient (Wildman–Crippen LogP) is 1.28. The number of nitrogens with one attached hydrogen (secondary N) is 1. The van der Waals surface area contributed by atoms with E-state index >= 15 is 0 Å². The number of rotatable bonds is 13. The predicted molar refractivity (Wildman–Crippen MR) is 79.3 cm³/mol. The average molecular weight is 259 g/mol. The quantitative estimate of drug-likeness (QED) is 0.504. The Morgan fingerprint density at radius 1 is 0.944 bits per heavy atom. The summed E-state index contributed by atoms with van der Waals surface area (Å²) in [7, 11) is 4.27. The van der Waals surface area contributed by atoms with Gasteiger partial charge in [-0.3, -0.25) is 0 Å². The third-order valence-electron chi connectivity index (χ3n) is 2.98. The SMILES string of the molecule is CCOCCCNCCN(CC)CCCN(C)C. The third-order valence-corrected chi connectivity index (χ3v) is 2.98. The van der Waals surface area contributed by atoms with Crippen LogP contribution in [0.5, 0.6) is 0 Å². The minimum atomic E-state index is 0.829. The zero-order chi connectivity index (χ0) is 13.6. The molecule has 0 amide bonds. The van der Waals surface area contributed by atoms with Crippen LogP contribution >= 0.6 is 0 Å². The fourth-order valence-corrected chi connectivity index (χ4v) is 1.84. The van der Waals surface area contributed by atoms with Gasteiger partial charge in [-0.2, -0.15) is 0 Å². The molecule has 1 N–H and O–H groups in total. The van der Waals surface area contributed by atoms with Gasteiger partial charge < -0.3 is 19.9 Å². The largest absolute Gasteiger partial charge is 0.382 e. The Hall–Kier alpha value is -0.160. The van der Waals surface area contributed by atoms with Crippen LogP contribution in [-0.2, 0) is 4.74 Å². The second-order valence-corrected chi connectivity index (χ2v) is 4.89. The Kier molecular flexibility index (Phi) is 13.2. The second-order valence-electron chi connectivity index (χ2n) is 4.89.